The van der Waals surface area contributed by atoms with Crippen molar-refractivity contribution in [3.63, 3.8) is 0 Å². The Morgan fingerprint density at radius 3 is 2.39 bits per heavy atom. The summed E-state index contributed by atoms with van der Waals surface area (Å²) in [5.74, 6) is -0.380. The second kappa shape index (κ2) is 6.08. The Kier molecular flexibility index (Phi) is 4.75. The summed E-state index contributed by atoms with van der Waals surface area (Å²) in [6, 6.07) is 4.42. The number of hydrogen-bond donors (Lipinski definition) is 3. The smallest absolute Gasteiger partial charge is 0.269 e. The quantitative estimate of drug-likeness (QED) is 0.510. The molecular weight excluding hydrogens is 240 g/mol. The maximum atomic E-state index is 10.9. The van der Waals surface area contributed by atoms with Crippen molar-refractivity contribution in [1.29, 1.82) is 0 Å². The van der Waals surface area contributed by atoms with E-state index >= 15 is 0 Å². The molecule has 1 rings (SSSR count). The zero-order valence-corrected chi connectivity index (χ0v) is 9.74. The molecule has 0 spiro atoms. The highest BCUT2D eigenvalue weighted by atomic mass is 16.6. The SMILES string of the molecule is CC(=O)N[C@H](CO)[C@@H](O)c1ccc([N+](=O)[O-])cc1. The molecule has 0 radical (unpaired) electrons. The summed E-state index contributed by atoms with van der Waals surface area (Å²) in [4.78, 5) is 20.8. The molecule has 0 aliphatic carbocycles. The molecule has 0 aliphatic rings. The number of amides is 1. The van der Waals surface area contributed by atoms with E-state index in [9.17, 15) is 20.0 Å². The molecule has 0 heterocycles. The van der Waals surface area contributed by atoms with E-state index in [0.29, 0.717) is 5.56 Å². The monoisotopic (exact) mass is 254 g/mol. The van der Waals surface area contributed by atoms with Crippen molar-refractivity contribution in [3.8, 4) is 0 Å². The number of non-ortho nitro benzene ring substituents is 1. The van der Waals surface area contributed by atoms with Crippen LogP contribution in [0, 0.1) is 10.1 Å². The lowest BCUT2D eigenvalue weighted by molar-refractivity contribution is -0.384. The first-order chi connectivity index (χ1) is 8.45. The van der Waals surface area contributed by atoms with Crippen molar-refractivity contribution in [2.75, 3.05) is 6.61 Å². The van der Waals surface area contributed by atoms with Crippen LogP contribution in [-0.4, -0.2) is 33.7 Å². The number of aliphatic hydroxyl groups is 2. The lowest BCUT2D eigenvalue weighted by Crippen LogP contribution is -2.40. The van der Waals surface area contributed by atoms with E-state index in [1.165, 1.54) is 31.2 Å². The van der Waals surface area contributed by atoms with Gasteiger partial charge in [0.2, 0.25) is 5.91 Å². The number of benzene rings is 1. The van der Waals surface area contributed by atoms with Gasteiger partial charge in [-0.05, 0) is 17.7 Å². The first-order valence-electron chi connectivity index (χ1n) is 5.26. The fourth-order valence-corrected chi connectivity index (χ4v) is 1.51. The van der Waals surface area contributed by atoms with E-state index in [4.69, 9.17) is 5.11 Å². The van der Waals surface area contributed by atoms with Gasteiger partial charge in [0.05, 0.1) is 17.6 Å². The van der Waals surface area contributed by atoms with Crippen LogP contribution in [0.1, 0.15) is 18.6 Å². The summed E-state index contributed by atoms with van der Waals surface area (Å²) in [5, 5.41) is 31.8. The van der Waals surface area contributed by atoms with E-state index in [-0.39, 0.29) is 11.6 Å². The standard InChI is InChI=1S/C11H14N2O5/c1-7(15)12-10(6-14)11(16)8-2-4-9(5-3-8)13(17)18/h2-5,10-11,14,16H,6H2,1H3,(H,12,15)/t10-,11+/m1/s1. The number of nitrogens with zero attached hydrogens (tertiary/aromatic N) is 1. The van der Waals surface area contributed by atoms with Gasteiger partial charge in [0, 0.05) is 19.1 Å². The number of nitro groups is 1. The molecule has 3 N–H and O–H groups in total. The van der Waals surface area contributed by atoms with Gasteiger partial charge in [-0.2, -0.15) is 0 Å². The third-order valence-electron chi connectivity index (χ3n) is 2.41. The maximum Gasteiger partial charge on any atom is 0.269 e. The van der Waals surface area contributed by atoms with Crippen molar-refractivity contribution in [1.82, 2.24) is 5.32 Å². The van der Waals surface area contributed by atoms with E-state index < -0.39 is 23.7 Å². The van der Waals surface area contributed by atoms with E-state index in [0.717, 1.165) is 0 Å². The lowest BCUT2D eigenvalue weighted by atomic mass is 10.0. The normalized spacial score (nSPS) is 13.7. The first-order valence-corrected chi connectivity index (χ1v) is 5.26. The molecule has 2 atom stereocenters. The predicted octanol–water partition coefficient (Wildman–Crippen LogP) is 0.125. The number of nitrogens with one attached hydrogen (secondary N) is 1. The summed E-state index contributed by atoms with van der Waals surface area (Å²) in [7, 11) is 0. The van der Waals surface area contributed by atoms with Crippen LogP contribution >= 0.6 is 0 Å². The summed E-state index contributed by atoms with van der Waals surface area (Å²) in [6.07, 6.45) is -1.13. The number of carbonyl (C=O) groups is 1. The fourth-order valence-electron chi connectivity index (χ4n) is 1.51. The molecule has 7 nitrogen and oxygen atoms in total. The third-order valence-corrected chi connectivity index (χ3v) is 2.41. The lowest BCUT2D eigenvalue weighted by Gasteiger charge is -2.21. The highest BCUT2D eigenvalue weighted by Crippen LogP contribution is 2.20. The number of nitro benzene ring substituents is 1. The summed E-state index contributed by atoms with van der Waals surface area (Å²) < 4.78 is 0. The molecule has 98 valence electrons. The van der Waals surface area contributed by atoms with Gasteiger partial charge in [0.15, 0.2) is 0 Å². The zero-order chi connectivity index (χ0) is 13.7. The molecule has 0 aliphatic heterocycles. The summed E-state index contributed by atoms with van der Waals surface area (Å²) >= 11 is 0. The van der Waals surface area contributed by atoms with Gasteiger partial charge in [-0.25, -0.2) is 0 Å². The zero-order valence-electron chi connectivity index (χ0n) is 9.74. The molecular formula is C11H14N2O5. The topological polar surface area (TPSA) is 113 Å². The minimum Gasteiger partial charge on any atom is -0.394 e. The molecule has 0 bridgehead atoms. The molecule has 0 aromatic heterocycles. The van der Waals surface area contributed by atoms with Crippen LogP contribution in [0.15, 0.2) is 24.3 Å². The van der Waals surface area contributed by atoms with Crippen LogP contribution in [0.5, 0.6) is 0 Å². The van der Waals surface area contributed by atoms with Gasteiger partial charge < -0.3 is 15.5 Å². The van der Waals surface area contributed by atoms with Gasteiger partial charge in [-0.1, -0.05) is 0 Å². The molecule has 0 fully saturated rings. The van der Waals surface area contributed by atoms with E-state index in [2.05, 4.69) is 5.32 Å². The maximum absolute atomic E-state index is 10.9. The molecule has 0 unspecified atom stereocenters. The second-order valence-electron chi connectivity index (χ2n) is 3.78. The van der Waals surface area contributed by atoms with Crippen LogP contribution < -0.4 is 5.32 Å². The molecule has 7 heteroatoms. The van der Waals surface area contributed by atoms with Crippen LogP contribution in [0.3, 0.4) is 0 Å². The van der Waals surface area contributed by atoms with Gasteiger partial charge in [-0.3, -0.25) is 14.9 Å². The molecule has 1 aromatic rings. The van der Waals surface area contributed by atoms with Crippen LogP contribution in [0.2, 0.25) is 0 Å². The third kappa shape index (κ3) is 3.51. The molecule has 1 aromatic carbocycles. The van der Waals surface area contributed by atoms with E-state index in [1.54, 1.807) is 0 Å². The van der Waals surface area contributed by atoms with E-state index in [1.807, 2.05) is 0 Å². The van der Waals surface area contributed by atoms with Crippen molar-refractivity contribution >= 4 is 11.6 Å². The minimum atomic E-state index is -1.13. The minimum absolute atomic E-state index is 0.0916. The molecule has 18 heavy (non-hydrogen) atoms. The Hall–Kier alpha value is -1.99. The van der Waals surface area contributed by atoms with Gasteiger partial charge in [0.1, 0.15) is 6.10 Å². The molecule has 1 amide bonds. The number of rotatable bonds is 5. The number of carbonyl (C=O) groups excluding carboxylic acids is 1. The van der Waals surface area contributed by atoms with Crippen LogP contribution in [0.25, 0.3) is 0 Å². The average molecular weight is 254 g/mol. The summed E-state index contributed by atoms with van der Waals surface area (Å²) in [5.41, 5.74) is 0.291. The van der Waals surface area contributed by atoms with Crippen molar-refractivity contribution in [2.45, 2.75) is 19.1 Å². The Balaban J connectivity index is 2.84. The van der Waals surface area contributed by atoms with Gasteiger partial charge in [0.25, 0.3) is 5.69 Å². The van der Waals surface area contributed by atoms with Crippen molar-refractivity contribution < 1.29 is 19.9 Å². The summed E-state index contributed by atoms with van der Waals surface area (Å²) in [6.45, 7) is 0.836. The Labute approximate surface area is 103 Å². The molecule has 0 saturated heterocycles. The van der Waals surface area contributed by atoms with Crippen LogP contribution in [-0.2, 0) is 4.79 Å². The Bertz CT molecular complexity index is 432. The largest absolute Gasteiger partial charge is 0.394 e. The Morgan fingerprint density at radius 1 is 1.44 bits per heavy atom. The number of aliphatic hydroxyl groups excluding tert-OH is 2. The average Bonchev–Trinajstić information content (AvgIpc) is 2.35. The predicted molar refractivity (Wildman–Crippen MR) is 62.7 cm³/mol. The highest BCUT2D eigenvalue weighted by Gasteiger charge is 2.21. The Morgan fingerprint density at radius 2 is 2.00 bits per heavy atom. The highest BCUT2D eigenvalue weighted by molar-refractivity contribution is 5.73. The van der Waals surface area contributed by atoms with Gasteiger partial charge in [-0.15, -0.1) is 0 Å². The van der Waals surface area contributed by atoms with Crippen molar-refractivity contribution in [2.24, 2.45) is 0 Å². The fraction of sp³-hybridized carbons (Fsp3) is 0.364. The van der Waals surface area contributed by atoms with Gasteiger partial charge >= 0.3 is 0 Å². The molecule has 0 saturated carbocycles. The van der Waals surface area contributed by atoms with Crippen molar-refractivity contribution in [3.05, 3.63) is 39.9 Å². The first kappa shape index (κ1) is 14.1. The number of hydrogen-bond acceptors (Lipinski definition) is 5. The van der Waals surface area contributed by atoms with Crippen LogP contribution in [0.4, 0.5) is 5.69 Å². The second-order valence-corrected chi connectivity index (χ2v) is 3.78.